The van der Waals surface area contributed by atoms with Crippen molar-refractivity contribution in [1.82, 2.24) is 0 Å². The van der Waals surface area contributed by atoms with E-state index in [2.05, 4.69) is 4.90 Å². The monoisotopic (exact) mass is 237 g/mol. The molecule has 1 N–H and O–H groups in total. The van der Waals surface area contributed by atoms with Gasteiger partial charge in [-0.2, -0.15) is 0 Å². The lowest BCUT2D eigenvalue weighted by Crippen LogP contribution is -2.33. The van der Waals surface area contributed by atoms with Crippen molar-refractivity contribution in [3.63, 3.8) is 0 Å². The number of anilines is 1. The number of halogens is 1. The SMILES string of the molecule is CN(c1ccc(CO)cc1F)C1CCCCC1. The Morgan fingerprint density at radius 1 is 1.29 bits per heavy atom. The molecule has 0 heterocycles. The highest BCUT2D eigenvalue weighted by Crippen LogP contribution is 2.28. The van der Waals surface area contributed by atoms with Gasteiger partial charge in [-0.05, 0) is 30.5 Å². The fraction of sp³-hybridized carbons (Fsp3) is 0.571. The van der Waals surface area contributed by atoms with Crippen LogP contribution >= 0.6 is 0 Å². The number of nitrogens with zero attached hydrogens (tertiary/aromatic N) is 1. The molecular formula is C14H20FNO. The molecular weight excluding hydrogens is 217 g/mol. The molecule has 1 fully saturated rings. The molecule has 1 aromatic rings. The summed E-state index contributed by atoms with van der Waals surface area (Å²) in [6.45, 7) is -0.107. The Morgan fingerprint density at radius 2 is 2.00 bits per heavy atom. The molecule has 3 heteroatoms. The van der Waals surface area contributed by atoms with Gasteiger partial charge >= 0.3 is 0 Å². The van der Waals surface area contributed by atoms with Crippen LogP contribution in [0.25, 0.3) is 0 Å². The summed E-state index contributed by atoms with van der Waals surface area (Å²) < 4.78 is 13.9. The summed E-state index contributed by atoms with van der Waals surface area (Å²) in [5.74, 6) is -0.232. The van der Waals surface area contributed by atoms with E-state index in [1.165, 1.54) is 25.3 Å². The first kappa shape index (κ1) is 12.4. The summed E-state index contributed by atoms with van der Waals surface area (Å²) in [6, 6.07) is 5.44. The minimum atomic E-state index is -0.232. The maximum atomic E-state index is 13.9. The van der Waals surface area contributed by atoms with Crippen molar-refractivity contribution in [2.24, 2.45) is 0 Å². The normalized spacial score (nSPS) is 17.1. The van der Waals surface area contributed by atoms with Gasteiger partial charge in [0.25, 0.3) is 0 Å². The van der Waals surface area contributed by atoms with Crippen LogP contribution in [0.2, 0.25) is 0 Å². The molecule has 0 spiro atoms. The van der Waals surface area contributed by atoms with Crippen LogP contribution in [0.5, 0.6) is 0 Å². The van der Waals surface area contributed by atoms with Gasteiger partial charge in [-0.3, -0.25) is 0 Å². The predicted octanol–water partition coefficient (Wildman–Crippen LogP) is 3.09. The average molecular weight is 237 g/mol. The van der Waals surface area contributed by atoms with Crippen molar-refractivity contribution < 1.29 is 9.50 Å². The second-order valence-corrected chi connectivity index (χ2v) is 4.85. The Balaban J connectivity index is 2.15. The van der Waals surface area contributed by atoms with Crippen molar-refractivity contribution in [3.8, 4) is 0 Å². The van der Waals surface area contributed by atoms with Crippen molar-refractivity contribution in [2.45, 2.75) is 44.8 Å². The van der Waals surface area contributed by atoms with Gasteiger partial charge in [0.1, 0.15) is 5.82 Å². The molecule has 0 amide bonds. The number of aliphatic hydroxyl groups excluding tert-OH is 1. The molecule has 1 aliphatic rings. The second-order valence-electron chi connectivity index (χ2n) is 4.85. The van der Waals surface area contributed by atoms with Crippen LogP contribution in [0, 0.1) is 5.82 Å². The van der Waals surface area contributed by atoms with E-state index in [0.29, 0.717) is 17.3 Å². The molecule has 0 unspecified atom stereocenters. The average Bonchev–Trinajstić information content (AvgIpc) is 2.39. The van der Waals surface area contributed by atoms with Crippen LogP contribution < -0.4 is 4.90 Å². The molecule has 1 aromatic carbocycles. The minimum Gasteiger partial charge on any atom is -0.392 e. The molecule has 1 saturated carbocycles. The molecule has 0 saturated heterocycles. The van der Waals surface area contributed by atoms with Gasteiger partial charge in [0.2, 0.25) is 0 Å². The zero-order valence-electron chi connectivity index (χ0n) is 10.3. The quantitative estimate of drug-likeness (QED) is 0.873. The molecule has 0 atom stereocenters. The number of benzene rings is 1. The van der Waals surface area contributed by atoms with Crippen molar-refractivity contribution in [3.05, 3.63) is 29.6 Å². The number of rotatable bonds is 3. The van der Waals surface area contributed by atoms with Crippen LogP contribution in [0.3, 0.4) is 0 Å². The maximum absolute atomic E-state index is 13.9. The summed E-state index contributed by atoms with van der Waals surface area (Å²) in [7, 11) is 1.97. The van der Waals surface area contributed by atoms with Gasteiger partial charge in [-0.25, -0.2) is 4.39 Å². The first-order valence-electron chi connectivity index (χ1n) is 6.34. The van der Waals surface area contributed by atoms with E-state index < -0.39 is 0 Å². The number of hydrogen-bond acceptors (Lipinski definition) is 2. The third-order valence-corrected chi connectivity index (χ3v) is 3.70. The van der Waals surface area contributed by atoms with Crippen molar-refractivity contribution >= 4 is 5.69 Å². The highest BCUT2D eigenvalue weighted by atomic mass is 19.1. The number of hydrogen-bond donors (Lipinski definition) is 1. The lowest BCUT2D eigenvalue weighted by Gasteiger charge is -2.33. The summed E-state index contributed by atoms with van der Waals surface area (Å²) in [5, 5.41) is 8.96. The topological polar surface area (TPSA) is 23.5 Å². The maximum Gasteiger partial charge on any atom is 0.146 e. The van der Waals surface area contributed by atoms with Gasteiger partial charge < -0.3 is 10.0 Å². The lowest BCUT2D eigenvalue weighted by atomic mass is 9.94. The molecule has 2 nitrogen and oxygen atoms in total. The van der Waals surface area contributed by atoms with Crippen LogP contribution in [0.4, 0.5) is 10.1 Å². The Hall–Kier alpha value is -1.09. The Morgan fingerprint density at radius 3 is 2.59 bits per heavy atom. The molecule has 17 heavy (non-hydrogen) atoms. The van der Waals surface area contributed by atoms with Gasteiger partial charge in [-0.1, -0.05) is 25.3 Å². The van der Waals surface area contributed by atoms with Gasteiger partial charge in [0, 0.05) is 13.1 Å². The first-order valence-corrected chi connectivity index (χ1v) is 6.34. The largest absolute Gasteiger partial charge is 0.392 e. The highest BCUT2D eigenvalue weighted by molar-refractivity contribution is 5.49. The fourth-order valence-electron chi connectivity index (χ4n) is 2.60. The van der Waals surface area contributed by atoms with Gasteiger partial charge in [0.05, 0.1) is 12.3 Å². The third-order valence-electron chi connectivity index (χ3n) is 3.70. The van der Waals surface area contributed by atoms with Gasteiger partial charge in [-0.15, -0.1) is 0 Å². The zero-order valence-corrected chi connectivity index (χ0v) is 10.3. The van der Waals surface area contributed by atoms with Crippen molar-refractivity contribution in [2.75, 3.05) is 11.9 Å². The van der Waals surface area contributed by atoms with Crippen LogP contribution in [-0.2, 0) is 6.61 Å². The smallest absolute Gasteiger partial charge is 0.146 e. The number of aliphatic hydroxyl groups is 1. The summed E-state index contributed by atoms with van der Waals surface area (Å²) in [6.07, 6.45) is 6.09. The molecule has 0 bridgehead atoms. The van der Waals surface area contributed by atoms with Crippen LogP contribution in [-0.4, -0.2) is 18.2 Å². The molecule has 0 radical (unpaired) electrons. The lowest BCUT2D eigenvalue weighted by molar-refractivity contribution is 0.281. The van der Waals surface area contributed by atoms with Crippen LogP contribution in [0.1, 0.15) is 37.7 Å². The van der Waals surface area contributed by atoms with Crippen LogP contribution in [0.15, 0.2) is 18.2 Å². The fourth-order valence-corrected chi connectivity index (χ4v) is 2.60. The van der Waals surface area contributed by atoms with E-state index >= 15 is 0 Å². The van der Waals surface area contributed by atoms with E-state index in [9.17, 15) is 4.39 Å². The molecule has 1 aliphatic carbocycles. The first-order chi connectivity index (χ1) is 8.22. The third kappa shape index (κ3) is 2.78. The van der Waals surface area contributed by atoms with E-state index in [1.54, 1.807) is 12.1 Å². The molecule has 0 aromatic heterocycles. The van der Waals surface area contributed by atoms with E-state index in [0.717, 1.165) is 12.8 Å². The highest BCUT2D eigenvalue weighted by Gasteiger charge is 2.20. The predicted molar refractivity (Wildman–Crippen MR) is 67.6 cm³/mol. The Bertz CT molecular complexity index is 374. The second kappa shape index (κ2) is 5.50. The summed E-state index contributed by atoms with van der Waals surface area (Å²) in [4.78, 5) is 2.05. The molecule has 0 aliphatic heterocycles. The minimum absolute atomic E-state index is 0.107. The van der Waals surface area contributed by atoms with E-state index in [-0.39, 0.29) is 12.4 Å². The Labute approximate surface area is 102 Å². The van der Waals surface area contributed by atoms with E-state index in [4.69, 9.17) is 5.11 Å². The van der Waals surface area contributed by atoms with E-state index in [1.807, 2.05) is 7.05 Å². The standard InChI is InChI=1S/C14H20FNO/c1-16(12-5-3-2-4-6-12)14-8-7-11(10-17)9-13(14)15/h7-9,12,17H,2-6,10H2,1H3. The summed E-state index contributed by atoms with van der Waals surface area (Å²) in [5.41, 5.74) is 1.28. The Kier molecular flexibility index (Phi) is 4.00. The van der Waals surface area contributed by atoms with Crippen molar-refractivity contribution in [1.29, 1.82) is 0 Å². The molecule has 94 valence electrons. The van der Waals surface area contributed by atoms with Gasteiger partial charge in [0.15, 0.2) is 0 Å². The molecule has 2 rings (SSSR count). The zero-order chi connectivity index (χ0) is 12.3. The summed E-state index contributed by atoms with van der Waals surface area (Å²) >= 11 is 0.